The fourth-order valence-corrected chi connectivity index (χ4v) is 2.98. The Kier molecular flexibility index (Phi) is 6.74. The number of hydrogen-bond acceptors (Lipinski definition) is 3. The van der Waals surface area contributed by atoms with E-state index in [2.05, 4.69) is 25.7 Å². The summed E-state index contributed by atoms with van der Waals surface area (Å²) in [5, 5.41) is 1.16. The topological polar surface area (TPSA) is 51.3 Å². The maximum Gasteiger partial charge on any atom is 0.340 e. The van der Waals surface area contributed by atoms with Crippen molar-refractivity contribution in [3.05, 3.63) is 59.3 Å². The van der Waals surface area contributed by atoms with Crippen LogP contribution in [0.2, 0.25) is 0 Å². The molecular formula is C19H18BrF2NO3. The van der Waals surface area contributed by atoms with Gasteiger partial charge in [0.15, 0.2) is 11.6 Å². The van der Waals surface area contributed by atoms with Crippen molar-refractivity contribution in [3.63, 3.8) is 0 Å². The van der Waals surface area contributed by atoms with Crippen molar-refractivity contribution in [2.75, 3.05) is 7.11 Å². The van der Waals surface area contributed by atoms with E-state index in [1.54, 1.807) is 6.20 Å². The molecule has 0 fully saturated rings. The average Bonchev–Trinajstić information content (AvgIpc) is 3.12. The van der Waals surface area contributed by atoms with Gasteiger partial charge in [-0.2, -0.15) is 0 Å². The average molecular weight is 426 g/mol. The van der Waals surface area contributed by atoms with Gasteiger partial charge in [-0.05, 0) is 24.3 Å². The summed E-state index contributed by atoms with van der Waals surface area (Å²) in [7, 11) is 1.15. The molecule has 0 amide bonds. The number of fused-ring (bicyclic) bond motifs is 1. The Morgan fingerprint density at radius 3 is 2.54 bits per heavy atom. The maximum atomic E-state index is 14.4. The van der Waals surface area contributed by atoms with Crippen molar-refractivity contribution >= 4 is 32.8 Å². The van der Waals surface area contributed by atoms with E-state index in [0.717, 1.165) is 18.6 Å². The fraction of sp³-hybridized carbons (Fsp3) is 0.211. The lowest BCUT2D eigenvalue weighted by Crippen LogP contribution is -2.05. The van der Waals surface area contributed by atoms with E-state index in [1.807, 2.05) is 19.9 Å². The molecule has 1 aromatic heterocycles. The molecule has 4 nitrogen and oxygen atoms in total. The molecule has 0 saturated heterocycles. The minimum atomic E-state index is -0.833. The van der Waals surface area contributed by atoms with E-state index < -0.39 is 17.6 Å². The van der Waals surface area contributed by atoms with Gasteiger partial charge in [0.25, 0.3) is 0 Å². The molecule has 0 bridgehead atoms. The minimum Gasteiger partial charge on any atom is -0.465 e. The molecule has 26 heavy (non-hydrogen) atoms. The Morgan fingerprint density at radius 2 is 1.88 bits per heavy atom. The fourth-order valence-electron chi connectivity index (χ4n) is 2.42. The number of H-pyrrole nitrogens is 1. The number of aromatic amines is 1. The third kappa shape index (κ3) is 3.88. The molecule has 2 aromatic carbocycles. The summed E-state index contributed by atoms with van der Waals surface area (Å²) in [6.45, 7) is 4.00. The van der Waals surface area contributed by atoms with Gasteiger partial charge < -0.3 is 14.5 Å². The number of carbonyl (C=O) groups excluding carboxylic acids is 1. The van der Waals surface area contributed by atoms with Gasteiger partial charge >= 0.3 is 5.97 Å². The molecule has 3 rings (SSSR count). The molecule has 7 heteroatoms. The summed E-state index contributed by atoms with van der Waals surface area (Å²) < 4.78 is 38.2. The predicted molar refractivity (Wildman–Crippen MR) is 100 cm³/mol. The molecule has 0 aliphatic heterocycles. The largest absolute Gasteiger partial charge is 0.465 e. The van der Waals surface area contributed by atoms with Crippen LogP contribution in [-0.2, 0) is 10.1 Å². The van der Waals surface area contributed by atoms with Crippen LogP contribution in [0.15, 0.2) is 36.5 Å². The first kappa shape index (κ1) is 19.9. The normalized spacial score (nSPS) is 10.2. The summed E-state index contributed by atoms with van der Waals surface area (Å²) in [5.41, 5.74) is 0.970. The van der Waals surface area contributed by atoms with Crippen molar-refractivity contribution in [2.24, 2.45) is 0 Å². The summed E-state index contributed by atoms with van der Waals surface area (Å²) in [4.78, 5) is 14.5. The molecule has 1 heterocycles. The Hall–Kier alpha value is -2.41. The first-order chi connectivity index (χ1) is 12.5. The van der Waals surface area contributed by atoms with Crippen LogP contribution in [0.1, 0.15) is 29.8 Å². The van der Waals surface area contributed by atoms with Crippen molar-refractivity contribution < 1.29 is 23.0 Å². The number of rotatable bonds is 4. The van der Waals surface area contributed by atoms with Crippen LogP contribution < -0.4 is 4.74 Å². The summed E-state index contributed by atoms with van der Waals surface area (Å²) in [5.74, 6) is -1.99. The second kappa shape index (κ2) is 8.80. The molecule has 0 spiro atoms. The second-order valence-corrected chi connectivity index (χ2v) is 5.53. The highest BCUT2D eigenvalue weighted by molar-refractivity contribution is 9.08. The SMILES string of the molecule is CC.COC(=O)c1cc(Oc2c(F)cc3[nH]ccc3c2CBr)ccc1F. The van der Waals surface area contributed by atoms with Crippen LogP contribution in [0.5, 0.6) is 11.5 Å². The Bertz CT molecular complexity index is 925. The van der Waals surface area contributed by atoms with Gasteiger partial charge in [-0.1, -0.05) is 29.8 Å². The number of ether oxygens (including phenoxy) is 2. The number of benzene rings is 2. The highest BCUT2D eigenvalue weighted by Gasteiger charge is 2.18. The van der Waals surface area contributed by atoms with E-state index in [9.17, 15) is 13.6 Å². The number of aromatic nitrogens is 1. The highest BCUT2D eigenvalue weighted by atomic mass is 79.9. The van der Waals surface area contributed by atoms with Crippen molar-refractivity contribution in [2.45, 2.75) is 19.2 Å². The zero-order valence-electron chi connectivity index (χ0n) is 14.5. The molecule has 138 valence electrons. The lowest BCUT2D eigenvalue weighted by Gasteiger charge is -2.13. The third-order valence-electron chi connectivity index (χ3n) is 3.56. The third-order valence-corrected chi connectivity index (χ3v) is 4.12. The summed E-state index contributed by atoms with van der Waals surface area (Å²) >= 11 is 3.33. The van der Waals surface area contributed by atoms with Gasteiger partial charge in [0.1, 0.15) is 11.6 Å². The molecule has 0 aliphatic carbocycles. The van der Waals surface area contributed by atoms with Gasteiger partial charge in [-0.15, -0.1) is 0 Å². The maximum absolute atomic E-state index is 14.4. The summed E-state index contributed by atoms with van der Waals surface area (Å²) in [6.07, 6.45) is 1.70. The van der Waals surface area contributed by atoms with Crippen LogP contribution in [0.4, 0.5) is 8.78 Å². The molecule has 1 N–H and O–H groups in total. The molecule has 3 aromatic rings. The number of halogens is 3. The zero-order chi connectivity index (χ0) is 19.3. The molecule has 0 aliphatic rings. The van der Waals surface area contributed by atoms with Crippen molar-refractivity contribution in [1.82, 2.24) is 4.98 Å². The van der Waals surface area contributed by atoms with Crippen molar-refractivity contribution in [1.29, 1.82) is 0 Å². The number of methoxy groups -OCH3 is 1. The van der Waals surface area contributed by atoms with Gasteiger partial charge in [0.05, 0.1) is 12.7 Å². The summed E-state index contributed by atoms with van der Waals surface area (Å²) in [6, 6.07) is 6.70. The monoisotopic (exact) mass is 425 g/mol. The van der Waals surface area contributed by atoms with Crippen LogP contribution >= 0.6 is 15.9 Å². The van der Waals surface area contributed by atoms with Crippen LogP contribution in [0, 0.1) is 11.6 Å². The second-order valence-electron chi connectivity index (χ2n) is 4.97. The van der Waals surface area contributed by atoms with Crippen LogP contribution in [0.3, 0.4) is 0 Å². The standard InChI is InChI=1S/C17H12BrF2NO3.C2H6/c1-23-17(22)11-6-9(2-3-13(11)19)24-16-12(8-18)10-4-5-21-15(10)7-14(16)20;1-2/h2-7,21H,8H2,1H3;1-2H3. The van der Waals surface area contributed by atoms with Gasteiger partial charge in [0.2, 0.25) is 0 Å². The highest BCUT2D eigenvalue weighted by Crippen LogP contribution is 2.36. The van der Waals surface area contributed by atoms with Gasteiger partial charge in [-0.25, -0.2) is 13.6 Å². The number of alkyl halides is 1. The molecule has 0 saturated carbocycles. The number of esters is 1. The molecule has 0 atom stereocenters. The van der Waals surface area contributed by atoms with E-state index >= 15 is 0 Å². The Morgan fingerprint density at radius 1 is 1.15 bits per heavy atom. The van der Waals surface area contributed by atoms with Crippen LogP contribution in [-0.4, -0.2) is 18.1 Å². The minimum absolute atomic E-state index is 0.0152. The number of hydrogen-bond donors (Lipinski definition) is 1. The lowest BCUT2D eigenvalue weighted by molar-refractivity contribution is 0.0595. The lowest BCUT2D eigenvalue weighted by atomic mass is 10.1. The van der Waals surface area contributed by atoms with Crippen LogP contribution in [0.25, 0.3) is 10.9 Å². The van der Waals surface area contributed by atoms with E-state index in [0.29, 0.717) is 16.4 Å². The number of nitrogens with one attached hydrogen (secondary N) is 1. The quantitative estimate of drug-likeness (QED) is 0.415. The van der Waals surface area contributed by atoms with Gasteiger partial charge in [0, 0.05) is 34.1 Å². The first-order valence-corrected chi connectivity index (χ1v) is 9.07. The van der Waals surface area contributed by atoms with E-state index in [4.69, 9.17) is 4.74 Å². The Balaban J connectivity index is 0.00000117. The molecule has 0 unspecified atom stereocenters. The number of carbonyl (C=O) groups is 1. The zero-order valence-corrected chi connectivity index (χ0v) is 16.1. The Labute approximate surface area is 158 Å². The van der Waals surface area contributed by atoms with Gasteiger partial charge in [-0.3, -0.25) is 0 Å². The van der Waals surface area contributed by atoms with Crippen molar-refractivity contribution in [3.8, 4) is 11.5 Å². The van der Waals surface area contributed by atoms with E-state index in [-0.39, 0.29) is 17.1 Å². The predicted octanol–water partition coefficient (Wildman–Crippen LogP) is 5.95. The first-order valence-electron chi connectivity index (χ1n) is 7.95. The molecule has 0 radical (unpaired) electrons. The molecular weight excluding hydrogens is 408 g/mol. The van der Waals surface area contributed by atoms with E-state index in [1.165, 1.54) is 18.2 Å². The smallest absolute Gasteiger partial charge is 0.340 e.